The average molecular weight is 288 g/mol. The number of ether oxygens (including phenoxy) is 1. The molecule has 0 aliphatic rings. The molecule has 0 aliphatic carbocycles. The van der Waals surface area contributed by atoms with Crippen LogP contribution >= 0.6 is 0 Å². The maximum absolute atomic E-state index is 13.9. The maximum Gasteiger partial charge on any atom is 0.165 e. The van der Waals surface area contributed by atoms with E-state index in [1.807, 2.05) is 19.9 Å². The Morgan fingerprint density at radius 2 is 1.71 bits per heavy atom. The predicted octanol–water partition coefficient (Wildman–Crippen LogP) is 3.31. The minimum Gasteiger partial charge on any atom is -0.494 e. The molecule has 0 aliphatic heterocycles. The highest BCUT2D eigenvalue weighted by Gasteiger charge is 2.19. The summed E-state index contributed by atoms with van der Waals surface area (Å²) in [6.45, 7) is 6.14. The number of nitrogens with two attached hydrogens (primary N) is 1. The van der Waals surface area contributed by atoms with Crippen molar-refractivity contribution in [2.75, 3.05) is 7.11 Å². The predicted molar refractivity (Wildman–Crippen MR) is 82.8 cm³/mol. The average Bonchev–Trinajstić information content (AvgIpc) is 2.42. The van der Waals surface area contributed by atoms with Crippen molar-refractivity contribution < 1.29 is 9.13 Å². The van der Waals surface area contributed by atoms with E-state index in [0.717, 1.165) is 22.3 Å². The molecule has 0 bridgehead atoms. The zero-order chi connectivity index (χ0) is 15.6. The molecule has 1 unspecified atom stereocenters. The minimum atomic E-state index is -0.391. The normalized spacial score (nSPS) is 12.3. The molecule has 3 N–H and O–H groups in total. The summed E-state index contributed by atoms with van der Waals surface area (Å²) in [6, 6.07) is 8.85. The van der Waals surface area contributed by atoms with Gasteiger partial charge in [0.15, 0.2) is 11.6 Å². The van der Waals surface area contributed by atoms with Crippen molar-refractivity contribution in [2.45, 2.75) is 26.8 Å². The molecule has 0 saturated carbocycles. The van der Waals surface area contributed by atoms with Crippen molar-refractivity contribution in [3.8, 4) is 5.75 Å². The summed E-state index contributed by atoms with van der Waals surface area (Å²) in [5.41, 5.74) is 8.10. The minimum absolute atomic E-state index is 0.229. The first-order valence-electron chi connectivity index (χ1n) is 6.85. The molecule has 112 valence electrons. The number of aryl methyl sites for hydroxylation is 3. The van der Waals surface area contributed by atoms with Crippen LogP contribution < -0.4 is 16.0 Å². The fourth-order valence-electron chi connectivity index (χ4n) is 2.85. The van der Waals surface area contributed by atoms with Crippen LogP contribution in [-0.4, -0.2) is 7.11 Å². The number of methoxy groups -OCH3 is 1. The fourth-order valence-corrected chi connectivity index (χ4v) is 2.85. The molecular weight excluding hydrogens is 267 g/mol. The zero-order valence-corrected chi connectivity index (χ0v) is 12.8. The molecule has 0 saturated heterocycles. The third-order valence-corrected chi connectivity index (χ3v) is 3.70. The molecule has 1 atom stereocenters. The van der Waals surface area contributed by atoms with Gasteiger partial charge in [0.2, 0.25) is 0 Å². The summed E-state index contributed by atoms with van der Waals surface area (Å²) in [4.78, 5) is 0. The molecule has 0 amide bonds. The number of rotatable bonds is 4. The Labute approximate surface area is 124 Å². The lowest BCUT2D eigenvalue weighted by atomic mass is 9.90. The van der Waals surface area contributed by atoms with Crippen LogP contribution in [0, 0.1) is 26.6 Å². The quantitative estimate of drug-likeness (QED) is 0.670. The number of benzene rings is 2. The van der Waals surface area contributed by atoms with Crippen molar-refractivity contribution in [3.63, 3.8) is 0 Å². The Kier molecular flexibility index (Phi) is 4.60. The van der Waals surface area contributed by atoms with Gasteiger partial charge in [-0.3, -0.25) is 5.84 Å². The lowest BCUT2D eigenvalue weighted by Crippen LogP contribution is -2.30. The fraction of sp³-hybridized carbons (Fsp3) is 0.294. The van der Waals surface area contributed by atoms with Gasteiger partial charge in [-0.15, -0.1) is 0 Å². The molecular formula is C17H21FN2O. The Balaban J connectivity index is 2.52. The molecule has 0 spiro atoms. The lowest BCUT2D eigenvalue weighted by Gasteiger charge is -2.22. The first-order valence-corrected chi connectivity index (χ1v) is 6.85. The Hall–Kier alpha value is -1.91. The van der Waals surface area contributed by atoms with Gasteiger partial charge in [-0.2, -0.15) is 0 Å². The van der Waals surface area contributed by atoms with Gasteiger partial charge >= 0.3 is 0 Å². The van der Waals surface area contributed by atoms with Crippen LogP contribution in [0.3, 0.4) is 0 Å². The molecule has 2 rings (SSSR count). The van der Waals surface area contributed by atoms with Crippen molar-refractivity contribution in [3.05, 3.63) is 64.0 Å². The van der Waals surface area contributed by atoms with E-state index in [1.165, 1.54) is 18.7 Å². The van der Waals surface area contributed by atoms with E-state index in [4.69, 9.17) is 10.6 Å². The highest BCUT2D eigenvalue weighted by atomic mass is 19.1. The van der Waals surface area contributed by atoms with Gasteiger partial charge in [0.1, 0.15) is 0 Å². The second kappa shape index (κ2) is 6.24. The molecule has 0 heterocycles. The number of nitrogens with one attached hydrogen (secondary N) is 1. The van der Waals surface area contributed by atoms with Gasteiger partial charge in [0.25, 0.3) is 0 Å². The third kappa shape index (κ3) is 3.06. The molecule has 21 heavy (non-hydrogen) atoms. The molecule has 3 nitrogen and oxygen atoms in total. The van der Waals surface area contributed by atoms with Gasteiger partial charge in [0.05, 0.1) is 13.2 Å². The van der Waals surface area contributed by atoms with Gasteiger partial charge < -0.3 is 4.74 Å². The Morgan fingerprint density at radius 3 is 2.19 bits per heavy atom. The first-order chi connectivity index (χ1) is 9.97. The Bertz CT molecular complexity index is 632. The SMILES string of the molecule is COc1ccc(C(NN)c2c(C)cc(C)cc2C)cc1F. The molecule has 0 aromatic heterocycles. The van der Waals surface area contributed by atoms with E-state index >= 15 is 0 Å². The van der Waals surface area contributed by atoms with E-state index in [9.17, 15) is 4.39 Å². The standard InChI is InChI=1S/C17H21FN2O/c1-10-7-11(2)16(12(3)8-10)17(20-19)13-5-6-15(21-4)14(18)9-13/h5-9,17,20H,19H2,1-4H3. The summed E-state index contributed by atoms with van der Waals surface area (Å²) >= 11 is 0. The number of hydrogen-bond donors (Lipinski definition) is 2. The zero-order valence-electron chi connectivity index (χ0n) is 12.8. The smallest absolute Gasteiger partial charge is 0.165 e. The van der Waals surface area contributed by atoms with Crippen molar-refractivity contribution in [1.29, 1.82) is 0 Å². The number of halogens is 1. The van der Waals surface area contributed by atoms with Gasteiger partial charge in [0, 0.05) is 0 Å². The van der Waals surface area contributed by atoms with Crippen molar-refractivity contribution >= 4 is 0 Å². The largest absolute Gasteiger partial charge is 0.494 e. The van der Waals surface area contributed by atoms with Crippen LogP contribution in [0.1, 0.15) is 33.9 Å². The molecule has 2 aromatic rings. The second-order valence-corrected chi connectivity index (χ2v) is 5.31. The first kappa shape index (κ1) is 15.5. The number of hydrogen-bond acceptors (Lipinski definition) is 3. The van der Waals surface area contributed by atoms with Crippen LogP contribution in [0.2, 0.25) is 0 Å². The van der Waals surface area contributed by atoms with Crippen molar-refractivity contribution in [2.24, 2.45) is 5.84 Å². The van der Waals surface area contributed by atoms with Crippen LogP contribution in [0.25, 0.3) is 0 Å². The highest BCUT2D eigenvalue weighted by Crippen LogP contribution is 2.30. The van der Waals surface area contributed by atoms with E-state index in [-0.39, 0.29) is 11.8 Å². The molecule has 0 fully saturated rings. The van der Waals surface area contributed by atoms with E-state index in [0.29, 0.717) is 0 Å². The summed E-state index contributed by atoms with van der Waals surface area (Å²) in [6.07, 6.45) is 0. The van der Waals surface area contributed by atoms with Gasteiger partial charge in [-0.05, 0) is 55.2 Å². The topological polar surface area (TPSA) is 47.3 Å². The van der Waals surface area contributed by atoms with Crippen molar-refractivity contribution in [1.82, 2.24) is 5.43 Å². The maximum atomic E-state index is 13.9. The molecule has 2 aromatic carbocycles. The summed E-state index contributed by atoms with van der Waals surface area (Å²) in [7, 11) is 1.45. The van der Waals surface area contributed by atoms with E-state index in [1.54, 1.807) is 6.07 Å². The van der Waals surface area contributed by atoms with Crippen LogP contribution in [0.15, 0.2) is 30.3 Å². The second-order valence-electron chi connectivity index (χ2n) is 5.31. The van der Waals surface area contributed by atoms with E-state index in [2.05, 4.69) is 24.5 Å². The van der Waals surface area contributed by atoms with Crippen LogP contribution in [-0.2, 0) is 0 Å². The van der Waals surface area contributed by atoms with Gasteiger partial charge in [-0.25, -0.2) is 9.82 Å². The monoisotopic (exact) mass is 288 g/mol. The summed E-state index contributed by atoms with van der Waals surface area (Å²) in [5, 5.41) is 0. The lowest BCUT2D eigenvalue weighted by molar-refractivity contribution is 0.385. The molecule has 4 heteroatoms. The van der Waals surface area contributed by atoms with Gasteiger partial charge in [-0.1, -0.05) is 23.8 Å². The van der Waals surface area contributed by atoms with Crippen LogP contribution in [0.5, 0.6) is 5.75 Å². The van der Waals surface area contributed by atoms with E-state index < -0.39 is 5.82 Å². The Morgan fingerprint density at radius 1 is 1.10 bits per heavy atom. The third-order valence-electron chi connectivity index (χ3n) is 3.70. The van der Waals surface area contributed by atoms with Crippen LogP contribution in [0.4, 0.5) is 4.39 Å². The molecule has 0 radical (unpaired) electrons. The summed E-state index contributed by atoms with van der Waals surface area (Å²) in [5.74, 6) is 5.57. The summed E-state index contributed by atoms with van der Waals surface area (Å²) < 4.78 is 18.9. The number of hydrazine groups is 1. The highest BCUT2D eigenvalue weighted by molar-refractivity contribution is 5.45.